The van der Waals surface area contributed by atoms with Crippen LogP contribution in [0.15, 0.2) is 17.2 Å². The molecule has 0 spiro atoms. The second-order valence-corrected chi connectivity index (χ2v) is 4.84. The van der Waals surface area contributed by atoms with E-state index in [4.69, 9.17) is 27.9 Å². The summed E-state index contributed by atoms with van der Waals surface area (Å²) in [6.45, 7) is 0.968. The summed E-state index contributed by atoms with van der Waals surface area (Å²) >= 11 is 11.9. The molecule has 0 aliphatic carbocycles. The Labute approximate surface area is 129 Å². The van der Waals surface area contributed by atoms with Gasteiger partial charge in [0.25, 0.3) is 0 Å². The minimum Gasteiger partial charge on any atom is -0.462 e. The monoisotopic (exact) mass is 332 g/mol. The van der Waals surface area contributed by atoms with E-state index in [1.807, 2.05) is 0 Å². The van der Waals surface area contributed by atoms with Gasteiger partial charge in [0.1, 0.15) is 22.4 Å². The fraction of sp³-hybridized carbons (Fsp3) is 0.308. The van der Waals surface area contributed by atoms with E-state index in [2.05, 4.69) is 4.98 Å². The summed E-state index contributed by atoms with van der Waals surface area (Å²) in [4.78, 5) is 27.9. The molecule has 0 saturated carbocycles. The molecule has 2 heterocycles. The Balaban J connectivity index is 2.82. The molecule has 0 saturated heterocycles. The number of carbonyl (C=O) groups excluding carboxylic acids is 1. The van der Waals surface area contributed by atoms with Crippen molar-refractivity contribution in [1.82, 2.24) is 9.55 Å². The molecule has 5 nitrogen and oxygen atoms in total. The third kappa shape index (κ3) is 2.87. The Bertz CT molecular complexity index is 761. The highest BCUT2D eigenvalue weighted by Crippen LogP contribution is 2.27. The van der Waals surface area contributed by atoms with Crippen molar-refractivity contribution >= 4 is 40.1 Å². The van der Waals surface area contributed by atoms with Gasteiger partial charge in [-0.1, -0.05) is 23.2 Å². The van der Waals surface area contributed by atoms with Crippen LogP contribution >= 0.6 is 23.2 Å². The van der Waals surface area contributed by atoms with E-state index in [1.54, 1.807) is 6.92 Å². The van der Waals surface area contributed by atoms with Crippen LogP contribution in [-0.2, 0) is 11.3 Å². The molecule has 8 heteroatoms. The number of aryl methyl sites for hydroxylation is 1. The van der Waals surface area contributed by atoms with Crippen molar-refractivity contribution in [2.24, 2.45) is 0 Å². The first-order valence-electron chi connectivity index (χ1n) is 6.11. The quantitative estimate of drug-likeness (QED) is 0.638. The highest BCUT2D eigenvalue weighted by molar-refractivity contribution is 6.44. The summed E-state index contributed by atoms with van der Waals surface area (Å²) in [5, 5.41) is 0.124. The van der Waals surface area contributed by atoms with Crippen molar-refractivity contribution in [3.8, 4) is 0 Å². The van der Waals surface area contributed by atoms with Crippen molar-refractivity contribution in [2.45, 2.75) is 13.5 Å². The lowest BCUT2D eigenvalue weighted by Crippen LogP contribution is -2.21. The summed E-state index contributed by atoms with van der Waals surface area (Å²) in [7, 11) is 0. The number of ether oxygens (including phenoxy) is 1. The Kier molecular flexibility index (Phi) is 4.80. The number of aromatic nitrogens is 2. The van der Waals surface area contributed by atoms with Gasteiger partial charge in [0, 0.05) is 12.4 Å². The molecular weight excluding hydrogens is 322 g/mol. The number of pyridine rings is 2. The number of carbonyl (C=O) groups is 1. The first-order chi connectivity index (χ1) is 10.0. The lowest BCUT2D eigenvalue weighted by molar-refractivity contribution is 0.0524. The summed E-state index contributed by atoms with van der Waals surface area (Å²) in [5.41, 5.74) is -0.532. The van der Waals surface area contributed by atoms with Gasteiger partial charge in [-0.3, -0.25) is 4.79 Å². The van der Waals surface area contributed by atoms with Crippen molar-refractivity contribution < 1.29 is 13.9 Å². The van der Waals surface area contributed by atoms with Crippen LogP contribution < -0.4 is 5.43 Å². The van der Waals surface area contributed by atoms with Gasteiger partial charge < -0.3 is 9.30 Å². The highest BCUT2D eigenvalue weighted by Gasteiger charge is 2.19. The maximum absolute atomic E-state index is 12.7. The number of alkyl halides is 1. The molecule has 0 bridgehead atoms. The second-order valence-electron chi connectivity index (χ2n) is 4.10. The molecule has 0 amide bonds. The summed E-state index contributed by atoms with van der Waals surface area (Å²) in [5.74, 6) is -0.775. The van der Waals surface area contributed by atoms with Gasteiger partial charge in [0.15, 0.2) is 0 Å². The number of esters is 1. The van der Waals surface area contributed by atoms with Gasteiger partial charge >= 0.3 is 5.97 Å². The SMILES string of the molecule is CCOC(=O)c1cn(CCF)c2c(Cl)c(Cl)ncc2c1=O. The van der Waals surface area contributed by atoms with Crippen molar-refractivity contribution in [3.05, 3.63) is 38.4 Å². The maximum Gasteiger partial charge on any atom is 0.343 e. The van der Waals surface area contributed by atoms with E-state index in [0.717, 1.165) is 0 Å². The molecule has 112 valence electrons. The topological polar surface area (TPSA) is 61.2 Å². The van der Waals surface area contributed by atoms with Crippen LogP contribution in [0, 0.1) is 0 Å². The molecular formula is C13H11Cl2FN2O3. The summed E-state index contributed by atoms with van der Waals surface area (Å²) in [6.07, 6.45) is 2.44. The maximum atomic E-state index is 12.7. The largest absolute Gasteiger partial charge is 0.462 e. The minimum atomic E-state index is -0.775. The smallest absolute Gasteiger partial charge is 0.343 e. The predicted octanol–water partition coefficient (Wildman–Crippen LogP) is 2.85. The summed E-state index contributed by atoms with van der Waals surface area (Å²) in [6, 6.07) is 0. The standard InChI is InChI=1S/C13H11Cl2FN2O3/c1-2-21-13(20)8-6-18(4-3-16)10-7(11(8)19)5-17-12(15)9(10)14/h5-6H,2-4H2,1H3. The van der Waals surface area contributed by atoms with Gasteiger partial charge in [-0.05, 0) is 6.92 Å². The number of hydrogen-bond acceptors (Lipinski definition) is 4. The van der Waals surface area contributed by atoms with Crippen molar-refractivity contribution in [1.29, 1.82) is 0 Å². The molecule has 2 rings (SSSR count). The van der Waals surface area contributed by atoms with Crippen LogP contribution in [-0.4, -0.2) is 28.8 Å². The first-order valence-corrected chi connectivity index (χ1v) is 6.87. The van der Waals surface area contributed by atoms with Crippen LogP contribution in [0.1, 0.15) is 17.3 Å². The van der Waals surface area contributed by atoms with Crippen molar-refractivity contribution in [2.75, 3.05) is 13.3 Å². The minimum absolute atomic E-state index is 0.0000551. The molecule has 21 heavy (non-hydrogen) atoms. The molecule has 0 aliphatic heterocycles. The fourth-order valence-corrected chi connectivity index (χ4v) is 2.35. The average Bonchev–Trinajstić information content (AvgIpc) is 2.45. The van der Waals surface area contributed by atoms with Gasteiger partial charge in [-0.15, -0.1) is 0 Å². The van der Waals surface area contributed by atoms with Gasteiger partial charge in [0.2, 0.25) is 5.43 Å². The van der Waals surface area contributed by atoms with Gasteiger partial charge in [0.05, 0.1) is 24.1 Å². The number of rotatable bonds is 4. The average molecular weight is 333 g/mol. The van der Waals surface area contributed by atoms with E-state index in [-0.39, 0.29) is 39.8 Å². The number of nitrogens with zero attached hydrogens (tertiary/aromatic N) is 2. The van der Waals surface area contributed by atoms with Crippen LogP contribution in [0.2, 0.25) is 10.2 Å². The predicted molar refractivity (Wildman–Crippen MR) is 78.0 cm³/mol. The van der Waals surface area contributed by atoms with E-state index < -0.39 is 18.1 Å². The van der Waals surface area contributed by atoms with Crippen LogP contribution in [0.3, 0.4) is 0 Å². The lowest BCUT2D eigenvalue weighted by atomic mass is 10.2. The summed E-state index contributed by atoms with van der Waals surface area (Å²) < 4.78 is 18.9. The lowest BCUT2D eigenvalue weighted by Gasteiger charge is -2.13. The van der Waals surface area contributed by atoms with Crippen LogP contribution in [0.25, 0.3) is 10.9 Å². The van der Waals surface area contributed by atoms with E-state index in [9.17, 15) is 14.0 Å². The third-order valence-electron chi connectivity index (χ3n) is 2.83. The number of fused-ring (bicyclic) bond motifs is 1. The highest BCUT2D eigenvalue weighted by atomic mass is 35.5. The zero-order chi connectivity index (χ0) is 15.6. The molecule has 2 aromatic heterocycles. The Morgan fingerprint density at radius 1 is 1.48 bits per heavy atom. The van der Waals surface area contributed by atoms with Gasteiger partial charge in [-0.2, -0.15) is 0 Å². The second kappa shape index (κ2) is 6.41. The number of hydrogen-bond donors (Lipinski definition) is 0. The zero-order valence-electron chi connectivity index (χ0n) is 11.0. The third-order valence-corrected chi connectivity index (χ3v) is 3.57. The van der Waals surface area contributed by atoms with Crippen LogP contribution in [0.5, 0.6) is 0 Å². The molecule has 0 aromatic carbocycles. The molecule has 0 radical (unpaired) electrons. The number of halogens is 3. The molecule has 0 N–H and O–H groups in total. The van der Waals surface area contributed by atoms with E-state index in [0.29, 0.717) is 0 Å². The normalized spacial score (nSPS) is 10.9. The first kappa shape index (κ1) is 15.7. The molecule has 2 aromatic rings. The van der Waals surface area contributed by atoms with Crippen LogP contribution in [0.4, 0.5) is 4.39 Å². The van der Waals surface area contributed by atoms with E-state index in [1.165, 1.54) is 17.0 Å². The molecule has 0 fully saturated rings. The fourth-order valence-electron chi connectivity index (χ4n) is 1.95. The Morgan fingerprint density at radius 2 is 2.19 bits per heavy atom. The molecule has 0 atom stereocenters. The molecule has 0 aliphatic rings. The Hall–Kier alpha value is -1.66. The van der Waals surface area contributed by atoms with E-state index >= 15 is 0 Å². The van der Waals surface area contributed by atoms with Gasteiger partial charge in [-0.25, -0.2) is 14.2 Å². The van der Waals surface area contributed by atoms with Crippen molar-refractivity contribution in [3.63, 3.8) is 0 Å². The Morgan fingerprint density at radius 3 is 2.81 bits per heavy atom. The zero-order valence-corrected chi connectivity index (χ0v) is 12.5. The molecule has 0 unspecified atom stereocenters.